The average molecular weight is 275 g/mol. The van der Waals surface area contributed by atoms with Crippen molar-refractivity contribution in [3.05, 3.63) is 35.9 Å². The molecule has 0 aliphatic carbocycles. The Balaban J connectivity index is 1.96. The summed E-state index contributed by atoms with van der Waals surface area (Å²) in [4.78, 5) is 14.8. The van der Waals surface area contributed by atoms with E-state index in [0.29, 0.717) is 6.54 Å². The molecule has 0 saturated carbocycles. The molecule has 1 fully saturated rings. The van der Waals surface area contributed by atoms with E-state index in [1.54, 1.807) is 0 Å². The first-order valence-corrected chi connectivity index (χ1v) is 7.52. The molecule has 1 aromatic carbocycles. The van der Waals surface area contributed by atoms with Gasteiger partial charge in [0.15, 0.2) is 0 Å². The van der Waals surface area contributed by atoms with Crippen LogP contribution < -0.4 is 11.1 Å². The molecule has 1 aliphatic rings. The van der Waals surface area contributed by atoms with E-state index in [4.69, 9.17) is 5.73 Å². The van der Waals surface area contributed by atoms with Crippen LogP contribution in [-0.4, -0.2) is 43.0 Å². The number of nitrogens with two attached hydrogens (primary N) is 1. The van der Waals surface area contributed by atoms with Crippen LogP contribution in [0.5, 0.6) is 0 Å². The Morgan fingerprint density at radius 3 is 2.85 bits per heavy atom. The van der Waals surface area contributed by atoms with Crippen molar-refractivity contribution in [1.82, 2.24) is 10.2 Å². The van der Waals surface area contributed by atoms with Gasteiger partial charge in [-0.05, 0) is 31.5 Å². The van der Waals surface area contributed by atoms with E-state index in [0.717, 1.165) is 38.0 Å². The van der Waals surface area contributed by atoms with Gasteiger partial charge in [-0.1, -0.05) is 37.3 Å². The predicted octanol–water partition coefficient (Wildman–Crippen LogP) is 1.33. The van der Waals surface area contributed by atoms with E-state index in [9.17, 15) is 4.79 Å². The SMILES string of the molecule is CCN1CCCC(NC(=O)C(CN)c2ccccc2)C1. The summed E-state index contributed by atoms with van der Waals surface area (Å²) in [6.45, 7) is 5.65. The maximum atomic E-state index is 12.4. The number of amides is 1. The number of rotatable bonds is 5. The lowest BCUT2D eigenvalue weighted by atomic mass is 9.97. The molecule has 4 nitrogen and oxygen atoms in total. The van der Waals surface area contributed by atoms with Gasteiger partial charge in [0, 0.05) is 19.1 Å². The maximum absolute atomic E-state index is 12.4. The van der Waals surface area contributed by atoms with Crippen LogP contribution in [0.1, 0.15) is 31.2 Å². The fourth-order valence-electron chi connectivity index (χ4n) is 2.84. The molecule has 2 unspecified atom stereocenters. The fourth-order valence-corrected chi connectivity index (χ4v) is 2.84. The molecule has 3 N–H and O–H groups in total. The third-order valence-electron chi connectivity index (χ3n) is 4.05. The fraction of sp³-hybridized carbons (Fsp3) is 0.562. The summed E-state index contributed by atoms with van der Waals surface area (Å²) in [5, 5.41) is 3.17. The molecule has 0 spiro atoms. The van der Waals surface area contributed by atoms with E-state index in [-0.39, 0.29) is 17.9 Å². The number of nitrogens with one attached hydrogen (secondary N) is 1. The number of nitrogens with zero attached hydrogens (tertiary/aromatic N) is 1. The van der Waals surface area contributed by atoms with Crippen molar-refractivity contribution < 1.29 is 4.79 Å². The van der Waals surface area contributed by atoms with Crippen LogP contribution in [0.3, 0.4) is 0 Å². The minimum atomic E-state index is -0.242. The molecule has 0 aromatic heterocycles. The lowest BCUT2D eigenvalue weighted by Gasteiger charge is -2.33. The van der Waals surface area contributed by atoms with Crippen molar-refractivity contribution in [2.75, 3.05) is 26.2 Å². The van der Waals surface area contributed by atoms with Gasteiger partial charge in [0.25, 0.3) is 0 Å². The van der Waals surface area contributed by atoms with E-state index in [2.05, 4.69) is 17.1 Å². The molecule has 110 valence electrons. The van der Waals surface area contributed by atoms with Crippen LogP contribution in [0.25, 0.3) is 0 Å². The minimum Gasteiger partial charge on any atom is -0.352 e. The summed E-state index contributed by atoms with van der Waals surface area (Å²) in [5.41, 5.74) is 6.79. The Morgan fingerprint density at radius 2 is 2.20 bits per heavy atom. The highest BCUT2D eigenvalue weighted by molar-refractivity contribution is 5.84. The zero-order valence-corrected chi connectivity index (χ0v) is 12.2. The summed E-state index contributed by atoms with van der Waals surface area (Å²) in [6.07, 6.45) is 2.21. The summed E-state index contributed by atoms with van der Waals surface area (Å²) in [6, 6.07) is 10.0. The summed E-state index contributed by atoms with van der Waals surface area (Å²) in [7, 11) is 0. The molecule has 1 aliphatic heterocycles. The number of hydrogen-bond acceptors (Lipinski definition) is 3. The topological polar surface area (TPSA) is 58.4 Å². The summed E-state index contributed by atoms with van der Waals surface area (Å²) < 4.78 is 0. The van der Waals surface area contributed by atoms with Gasteiger partial charge >= 0.3 is 0 Å². The highest BCUT2D eigenvalue weighted by Crippen LogP contribution is 2.16. The third-order valence-corrected chi connectivity index (χ3v) is 4.05. The number of hydrogen-bond donors (Lipinski definition) is 2. The molecule has 1 aromatic rings. The van der Waals surface area contributed by atoms with Gasteiger partial charge in [-0.25, -0.2) is 0 Å². The van der Waals surface area contributed by atoms with E-state index in [1.165, 1.54) is 0 Å². The number of likely N-dealkylation sites (tertiary alicyclic amines) is 1. The standard InChI is InChI=1S/C16H25N3O/c1-2-19-10-6-9-14(12-19)18-16(20)15(11-17)13-7-4-3-5-8-13/h3-5,7-8,14-15H,2,6,9-12,17H2,1H3,(H,18,20). The zero-order valence-electron chi connectivity index (χ0n) is 12.2. The highest BCUT2D eigenvalue weighted by atomic mass is 16.2. The Kier molecular flexibility index (Phi) is 5.56. The van der Waals surface area contributed by atoms with Crippen molar-refractivity contribution in [3.63, 3.8) is 0 Å². The predicted molar refractivity (Wildman–Crippen MR) is 81.5 cm³/mol. The lowest BCUT2D eigenvalue weighted by molar-refractivity contribution is -0.123. The molecule has 20 heavy (non-hydrogen) atoms. The van der Waals surface area contributed by atoms with Crippen LogP contribution in [0.4, 0.5) is 0 Å². The molecular weight excluding hydrogens is 250 g/mol. The highest BCUT2D eigenvalue weighted by Gasteiger charge is 2.24. The molecule has 0 radical (unpaired) electrons. The molecule has 1 amide bonds. The summed E-state index contributed by atoms with van der Waals surface area (Å²) in [5.74, 6) is -0.185. The van der Waals surface area contributed by atoms with Crippen LogP contribution in [0.2, 0.25) is 0 Å². The van der Waals surface area contributed by atoms with E-state index in [1.807, 2.05) is 30.3 Å². The monoisotopic (exact) mass is 275 g/mol. The van der Waals surface area contributed by atoms with Crippen LogP contribution >= 0.6 is 0 Å². The smallest absolute Gasteiger partial charge is 0.229 e. The first-order valence-electron chi connectivity index (χ1n) is 7.52. The molecule has 1 heterocycles. The second-order valence-electron chi connectivity index (χ2n) is 5.44. The first kappa shape index (κ1) is 15.0. The van der Waals surface area contributed by atoms with E-state index < -0.39 is 0 Å². The van der Waals surface area contributed by atoms with Gasteiger partial charge in [-0.15, -0.1) is 0 Å². The van der Waals surface area contributed by atoms with Gasteiger partial charge in [0.1, 0.15) is 0 Å². The summed E-state index contributed by atoms with van der Waals surface area (Å²) >= 11 is 0. The lowest BCUT2D eigenvalue weighted by Crippen LogP contribution is -2.49. The number of likely N-dealkylation sites (N-methyl/N-ethyl adjacent to an activating group) is 1. The third kappa shape index (κ3) is 3.81. The number of carbonyl (C=O) groups is 1. The van der Waals surface area contributed by atoms with Crippen molar-refractivity contribution in [3.8, 4) is 0 Å². The van der Waals surface area contributed by atoms with Crippen LogP contribution in [0.15, 0.2) is 30.3 Å². The van der Waals surface area contributed by atoms with Crippen molar-refractivity contribution in [2.45, 2.75) is 31.7 Å². The van der Waals surface area contributed by atoms with Gasteiger partial charge in [0.05, 0.1) is 5.92 Å². The number of benzene rings is 1. The normalized spacial score (nSPS) is 21.4. The molecular formula is C16H25N3O. The maximum Gasteiger partial charge on any atom is 0.229 e. The molecule has 1 saturated heterocycles. The first-order chi connectivity index (χ1) is 9.74. The quantitative estimate of drug-likeness (QED) is 0.852. The van der Waals surface area contributed by atoms with Crippen molar-refractivity contribution in [2.24, 2.45) is 5.73 Å². The van der Waals surface area contributed by atoms with Gasteiger partial charge in [0.2, 0.25) is 5.91 Å². The average Bonchev–Trinajstić information content (AvgIpc) is 2.49. The second kappa shape index (κ2) is 7.41. The number of carbonyl (C=O) groups excluding carboxylic acids is 1. The zero-order chi connectivity index (χ0) is 14.4. The minimum absolute atomic E-state index is 0.0571. The van der Waals surface area contributed by atoms with Gasteiger partial charge in [-0.3, -0.25) is 4.79 Å². The van der Waals surface area contributed by atoms with Crippen molar-refractivity contribution >= 4 is 5.91 Å². The Morgan fingerprint density at radius 1 is 1.45 bits per heavy atom. The Labute approximate surface area is 121 Å². The van der Waals surface area contributed by atoms with E-state index >= 15 is 0 Å². The van der Waals surface area contributed by atoms with Crippen molar-refractivity contribution in [1.29, 1.82) is 0 Å². The second-order valence-corrected chi connectivity index (χ2v) is 5.44. The molecule has 2 atom stereocenters. The largest absolute Gasteiger partial charge is 0.352 e. The molecule has 4 heteroatoms. The molecule has 0 bridgehead atoms. The number of piperidine rings is 1. The van der Waals surface area contributed by atoms with Crippen LogP contribution in [0, 0.1) is 0 Å². The Bertz CT molecular complexity index is 421. The molecule has 2 rings (SSSR count). The van der Waals surface area contributed by atoms with Gasteiger partial charge in [-0.2, -0.15) is 0 Å². The van der Waals surface area contributed by atoms with Crippen LogP contribution in [-0.2, 0) is 4.79 Å². The Hall–Kier alpha value is -1.39. The van der Waals surface area contributed by atoms with Gasteiger partial charge < -0.3 is 16.0 Å².